The van der Waals surface area contributed by atoms with Crippen molar-refractivity contribution in [2.45, 2.75) is 52.1 Å². The minimum Gasteiger partial charge on any atom is -0.429 e. The van der Waals surface area contributed by atoms with Gasteiger partial charge in [0, 0.05) is 5.39 Å². The number of fused-ring (bicyclic) bond motifs is 1. The molecule has 0 atom stereocenters. The first-order valence-corrected chi connectivity index (χ1v) is 12.7. The molecular formula is C32H29F5O. The highest BCUT2D eigenvalue weighted by Crippen LogP contribution is 2.27. The Balaban J connectivity index is 1.39. The van der Waals surface area contributed by atoms with Gasteiger partial charge in [-0.1, -0.05) is 66.7 Å². The lowest BCUT2D eigenvalue weighted by Crippen LogP contribution is -2.06. The Morgan fingerprint density at radius 3 is 1.95 bits per heavy atom. The smallest absolute Gasteiger partial charge is 0.387 e. The minimum atomic E-state index is -3.33. The number of ether oxygens (including phenoxy) is 1. The zero-order chi connectivity index (χ0) is 27.1. The molecule has 0 aromatic heterocycles. The van der Waals surface area contributed by atoms with E-state index < -0.39 is 24.0 Å². The van der Waals surface area contributed by atoms with Gasteiger partial charge < -0.3 is 4.74 Å². The molecule has 0 aliphatic carbocycles. The van der Waals surface area contributed by atoms with E-state index in [1.807, 2.05) is 25.1 Å². The molecule has 4 rings (SSSR count). The standard InChI is InChI=1S/C32H29F5O/c1-2-3-4-5-21-6-8-22(9-7-21)10-11-23-13-17-27-26(18-23)16-15-25(30(27)35)14-12-24-19-28(33)31(29(34)20-24)38-32(36)37/h2-3,6-9,13,15-20,32H,4-5,10-12,14H2,1H3/b3-2+. The normalized spacial score (nSPS) is 11.7. The van der Waals surface area contributed by atoms with Crippen molar-refractivity contribution in [3.05, 3.63) is 124 Å². The molecule has 0 unspecified atom stereocenters. The van der Waals surface area contributed by atoms with Crippen LogP contribution in [0.15, 0.2) is 78.9 Å². The maximum absolute atomic E-state index is 15.2. The van der Waals surface area contributed by atoms with Crippen LogP contribution in [0.3, 0.4) is 0 Å². The summed E-state index contributed by atoms with van der Waals surface area (Å²) < 4.78 is 71.7. The van der Waals surface area contributed by atoms with Crippen molar-refractivity contribution in [3.8, 4) is 5.75 Å². The number of benzene rings is 4. The van der Waals surface area contributed by atoms with Gasteiger partial charge in [-0.05, 0) is 90.8 Å². The van der Waals surface area contributed by atoms with Gasteiger partial charge in [-0.25, -0.2) is 13.2 Å². The van der Waals surface area contributed by atoms with Crippen LogP contribution in [0.25, 0.3) is 10.8 Å². The zero-order valence-corrected chi connectivity index (χ0v) is 21.1. The fourth-order valence-corrected chi connectivity index (χ4v) is 4.55. The van der Waals surface area contributed by atoms with Gasteiger partial charge in [-0.15, -0.1) is 0 Å². The van der Waals surface area contributed by atoms with Gasteiger partial charge in [0.05, 0.1) is 0 Å². The van der Waals surface area contributed by atoms with Gasteiger partial charge in [0.15, 0.2) is 17.4 Å². The molecule has 0 spiro atoms. The van der Waals surface area contributed by atoms with E-state index in [4.69, 9.17) is 0 Å². The Bertz CT molecular complexity index is 1390. The van der Waals surface area contributed by atoms with Gasteiger partial charge in [0.1, 0.15) is 5.82 Å². The van der Waals surface area contributed by atoms with Gasteiger partial charge in [0.2, 0.25) is 0 Å². The highest BCUT2D eigenvalue weighted by Gasteiger charge is 2.17. The van der Waals surface area contributed by atoms with Crippen LogP contribution < -0.4 is 4.74 Å². The van der Waals surface area contributed by atoms with Crippen LogP contribution in [0.2, 0.25) is 0 Å². The maximum atomic E-state index is 15.2. The van der Waals surface area contributed by atoms with Crippen LogP contribution in [0.1, 0.15) is 41.2 Å². The van der Waals surface area contributed by atoms with Crippen LogP contribution >= 0.6 is 0 Å². The van der Waals surface area contributed by atoms with E-state index in [0.717, 1.165) is 48.8 Å². The summed E-state index contributed by atoms with van der Waals surface area (Å²) in [4.78, 5) is 0. The molecule has 0 aliphatic rings. The number of hydrogen-bond acceptors (Lipinski definition) is 1. The minimum absolute atomic E-state index is 0.136. The lowest BCUT2D eigenvalue weighted by Gasteiger charge is -2.11. The first-order valence-electron chi connectivity index (χ1n) is 12.7. The number of rotatable bonds is 11. The number of hydrogen-bond donors (Lipinski definition) is 0. The first kappa shape index (κ1) is 27.4. The highest BCUT2D eigenvalue weighted by molar-refractivity contribution is 5.84. The molecule has 38 heavy (non-hydrogen) atoms. The second kappa shape index (κ2) is 12.7. The molecule has 0 saturated heterocycles. The Morgan fingerprint density at radius 1 is 0.684 bits per heavy atom. The number of aryl methyl sites for hydroxylation is 5. The van der Waals surface area contributed by atoms with Crippen LogP contribution in [0, 0.1) is 17.5 Å². The van der Waals surface area contributed by atoms with Gasteiger partial charge in [-0.3, -0.25) is 0 Å². The summed E-state index contributed by atoms with van der Waals surface area (Å²) in [7, 11) is 0. The van der Waals surface area contributed by atoms with Gasteiger partial charge in [-0.2, -0.15) is 8.78 Å². The van der Waals surface area contributed by atoms with E-state index in [0.29, 0.717) is 10.9 Å². The molecular weight excluding hydrogens is 495 g/mol. The molecule has 0 saturated carbocycles. The molecule has 4 aromatic rings. The molecule has 0 amide bonds. The lowest BCUT2D eigenvalue weighted by molar-refractivity contribution is -0.0546. The van der Waals surface area contributed by atoms with E-state index >= 15 is 4.39 Å². The van der Waals surface area contributed by atoms with E-state index in [9.17, 15) is 17.6 Å². The van der Waals surface area contributed by atoms with Gasteiger partial charge in [0.25, 0.3) is 0 Å². The largest absolute Gasteiger partial charge is 0.429 e. The molecule has 0 aliphatic heterocycles. The molecule has 4 aromatic carbocycles. The van der Waals surface area contributed by atoms with E-state index in [-0.39, 0.29) is 24.2 Å². The van der Waals surface area contributed by atoms with Crippen molar-refractivity contribution in [1.29, 1.82) is 0 Å². The maximum Gasteiger partial charge on any atom is 0.387 e. The Labute approximate surface area is 219 Å². The van der Waals surface area contributed by atoms with Crippen molar-refractivity contribution in [2.24, 2.45) is 0 Å². The Morgan fingerprint density at radius 2 is 1.29 bits per heavy atom. The summed E-state index contributed by atoms with van der Waals surface area (Å²) in [5, 5.41) is 1.27. The summed E-state index contributed by atoms with van der Waals surface area (Å²) in [6.07, 6.45) is 8.34. The lowest BCUT2D eigenvalue weighted by atomic mass is 9.97. The van der Waals surface area contributed by atoms with Crippen LogP contribution in [0.4, 0.5) is 22.0 Å². The summed E-state index contributed by atoms with van der Waals surface area (Å²) in [5.41, 5.74) is 4.31. The molecule has 0 N–H and O–H groups in total. The molecule has 198 valence electrons. The van der Waals surface area contributed by atoms with E-state index in [1.54, 1.807) is 12.1 Å². The van der Waals surface area contributed by atoms with Gasteiger partial charge >= 0.3 is 6.61 Å². The molecule has 6 heteroatoms. The topological polar surface area (TPSA) is 9.23 Å². The fraction of sp³-hybridized carbons (Fsp3) is 0.250. The third kappa shape index (κ3) is 7.00. The third-order valence-electron chi connectivity index (χ3n) is 6.61. The van der Waals surface area contributed by atoms with Crippen molar-refractivity contribution in [1.82, 2.24) is 0 Å². The Hall–Kier alpha value is -3.67. The quantitative estimate of drug-likeness (QED) is 0.141. The average Bonchev–Trinajstić information content (AvgIpc) is 2.90. The summed E-state index contributed by atoms with van der Waals surface area (Å²) >= 11 is 0. The van der Waals surface area contributed by atoms with Crippen LogP contribution in [-0.2, 0) is 32.1 Å². The summed E-state index contributed by atoms with van der Waals surface area (Å²) in [6.45, 7) is -1.31. The average molecular weight is 525 g/mol. The predicted octanol–water partition coefficient (Wildman–Crippen LogP) is 8.94. The summed E-state index contributed by atoms with van der Waals surface area (Å²) in [5.74, 6) is -3.92. The van der Waals surface area contributed by atoms with E-state index in [2.05, 4.69) is 41.2 Å². The second-order valence-electron chi connectivity index (χ2n) is 9.29. The zero-order valence-electron chi connectivity index (χ0n) is 21.1. The predicted molar refractivity (Wildman–Crippen MR) is 141 cm³/mol. The molecule has 0 heterocycles. The van der Waals surface area contributed by atoms with E-state index in [1.165, 1.54) is 11.1 Å². The molecule has 0 radical (unpaired) electrons. The van der Waals surface area contributed by atoms with Crippen molar-refractivity contribution in [2.75, 3.05) is 0 Å². The monoisotopic (exact) mass is 524 g/mol. The highest BCUT2D eigenvalue weighted by atomic mass is 19.3. The van der Waals surface area contributed by atoms with Crippen molar-refractivity contribution >= 4 is 10.8 Å². The number of halogens is 5. The van der Waals surface area contributed by atoms with Crippen LogP contribution in [-0.4, -0.2) is 6.61 Å². The third-order valence-corrected chi connectivity index (χ3v) is 6.61. The first-order chi connectivity index (χ1) is 18.3. The SMILES string of the molecule is C/C=C/CCc1ccc(CCc2ccc3c(F)c(CCc4cc(F)c(OC(F)F)c(F)c4)ccc3c2)cc1. The number of alkyl halides is 2. The second-order valence-corrected chi connectivity index (χ2v) is 9.29. The molecule has 0 bridgehead atoms. The van der Waals surface area contributed by atoms with Crippen LogP contribution in [0.5, 0.6) is 5.75 Å². The summed E-state index contributed by atoms with van der Waals surface area (Å²) in [6, 6.07) is 19.7. The molecule has 0 fully saturated rings. The number of allylic oxidation sites excluding steroid dienone is 2. The van der Waals surface area contributed by atoms with Crippen molar-refractivity contribution in [3.63, 3.8) is 0 Å². The molecule has 1 nitrogen and oxygen atoms in total. The van der Waals surface area contributed by atoms with Crippen molar-refractivity contribution < 1.29 is 26.7 Å². The fourth-order valence-electron chi connectivity index (χ4n) is 4.55. The Kier molecular flexibility index (Phi) is 9.16.